The highest BCUT2D eigenvalue weighted by Gasteiger charge is 2.28. The maximum atomic E-state index is 13.7. The molecule has 0 saturated heterocycles. The fraction of sp³-hybridized carbons (Fsp3) is 0.296. The van der Waals surface area contributed by atoms with Crippen LogP contribution in [0.1, 0.15) is 28.4 Å². The molecule has 1 heterocycles. The Bertz CT molecular complexity index is 1140. The molecule has 8 heteroatoms. The van der Waals surface area contributed by atoms with Crippen molar-refractivity contribution in [3.8, 4) is 5.75 Å². The molecular formula is C27H30FN3O3S. The molecule has 0 aromatic heterocycles. The molecule has 1 aliphatic rings. The average molecular weight is 496 g/mol. The third kappa shape index (κ3) is 6.61. The van der Waals surface area contributed by atoms with Gasteiger partial charge in [0.2, 0.25) is 0 Å². The summed E-state index contributed by atoms with van der Waals surface area (Å²) in [5, 5.41) is 29.8. The van der Waals surface area contributed by atoms with Gasteiger partial charge in [0.05, 0.1) is 11.8 Å². The van der Waals surface area contributed by atoms with Gasteiger partial charge in [0.15, 0.2) is 6.29 Å². The molecule has 2 atom stereocenters. The standard InChI is InChI=1S/C27H30FN3O3S/c28-22-4-2-1-3-20(22)12-14-29-15-19-7-5-18(6-8-19)11-13-30-16-24(34)21-9-10-23(33)26-27(21)35-25(17-32)31-26/h1-10,17,24-25,29-31,33-34H,11-16H2/t24-,25?/m0/s1. The van der Waals surface area contributed by atoms with Crippen LogP contribution in [0.25, 0.3) is 0 Å². The Morgan fingerprint density at radius 2 is 1.74 bits per heavy atom. The van der Waals surface area contributed by atoms with Crippen LogP contribution in [0.15, 0.2) is 65.6 Å². The first-order chi connectivity index (χ1) is 17.0. The molecule has 0 bridgehead atoms. The van der Waals surface area contributed by atoms with Crippen molar-refractivity contribution in [3.05, 3.63) is 88.7 Å². The molecule has 1 unspecified atom stereocenters. The van der Waals surface area contributed by atoms with Crippen LogP contribution in [0.5, 0.6) is 5.75 Å². The molecule has 3 aromatic rings. The summed E-state index contributed by atoms with van der Waals surface area (Å²) in [5.74, 6) is -0.0845. The van der Waals surface area contributed by atoms with Crippen molar-refractivity contribution in [2.75, 3.05) is 25.0 Å². The van der Waals surface area contributed by atoms with Crippen LogP contribution in [0, 0.1) is 5.82 Å². The van der Waals surface area contributed by atoms with Crippen LogP contribution >= 0.6 is 11.8 Å². The number of aliphatic hydroxyl groups excluding tert-OH is 1. The Balaban J connectivity index is 1.18. The monoisotopic (exact) mass is 495 g/mol. The lowest BCUT2D eigenvalue weighted by Crippen LogP contribution is -2.24. The van der Waals surface area contributed by atoms with Crippen molar-refractivity contribution in [2.24, 2.45) is 0 Å². The van der Waals surface area contributed by atoms with Crippen molar-refractivity contribution in [2.45, 2.75) is 35.8 Å². The molecule has 0 amide bonds. The zero-order valence-electron chi connectivity index (χ0n) is 19.3. The second kappa shape index (κ2) is 12.2. The minimum absolute atomic E-state index is 0.0736. The third-order valence-electron chi connectivity index (χ3n) is 5.99. The number of aldehydes is 1. The summed E-state index contributed by atoms with van der Waals surface area (Å²) in [5.41, 5.74) is 4.29. The molecule has 0 fully saturated rings. The zero-order chi connectivity index (χ0) is 24.6. The molecule has 0 saturated carbocycles. The van der Waals surface area contributed by atoms with E-state index in [1.807, 2.05) is 12.1 Å². The van der Waals surface area contributed by atoms with E-state index in [1.165, 1.54) is 35.0 Å². The number of thioether (sulfide) groups is 1. The number of hydrogen-bond acceptors (Lipinski definition) is 7. The Morgan fingerprint density at radius 3 is 2.51 bits per heavy atom. The van der Waals surface area contributed by atoms with E-state index in [0.717, 1.165) is 29.7 Å². The van der Waals surface area contributed by atoms with Gasteiger partial charge in [-0.05, 0) is 60.3 Å². The lowest BCUT2D eigenvalue weighted by molar-refractivity contribution is -0.107. The number of carbonyl (C=O) groups is 1. The predicted octanol–water partition coefficient (Wildman–Crippen LogP) is 3.77. The molecule has 3 aromatic carbocycles. The van der Waals surface area contributed by atoms with E-state index in [9.17, 15) is 19.4 Å². The largest absolute Gasteiger partial charge is 0.506 e. The van der Waals surface area contributed by atoms with Crippen molar-refractivity contribution >= 4 is 23.7 Å². The van der Waals surface area contributed by atoms with Gasteiger partial charge in [0.1, 0.15) is 16.9 Å². The number of aromatic hydroxyl groups is 1. The number of phenols is 1. The number of benzene rings is 3. The number of rotatable bonds is 12. The van der Waals surface area contributed by atoms with E-state index in [4.69, 9.17) is 0 Å². The Hall–Kier alpha value is -2.91. The number of fused-ring (bicyclic) bond motifs is 1. The molecule has 1 aliphatic heterocycles. The highest BCUT2D eigenvalue weighted by Crippen LogP contribution is 2.46. The maximum Gasteiger partial charge on any atom is 0.152 e. The van der Waals surface area contributed by atoms with Crippen molar-refractivity contribution in [3.63, 3.8) is 0 Å². The van der Waals surface area contributed by atoms with Gasteiger partial charge in [-0.3, -0.25) is 0 Å². The van der Waals surface area contributed by atoms with Crippen molar-refractivity contribution < 1.29 is 19.4 Å². The van der Waals surface area contributed by atoms with Gasteiger partial charge in [0, 0.05) is 18.0 Å². The molecular weight excluding hydrogens is 465 g/mol. The van der Waals surface area contributed by atoms with Crippen molar-refractivity contribution in [1.82, 2.24) is 10.6 Å². The number of phenolic OH excluding ortho intramolecular Hbond substituents is 1. The Kier molecular flexibility index (Phi) is 8.76. The van der Waals surface area contributed by atoms with Crippen LogP contribution in [0.3, 0.4) is 0 Å². The highest BCUT2D eigenvalue weighted by molar-refractivity contribution is 8.01. The fourth-order valence-corrected chi connectivity index (χ4v) is 5.15. The van der Waals surface area contributed by atoms with Crippen LogP contribution in [-0.2, 0) is 24.2 Å². The fourth-order valence-electron chi connectivity index (χ4n) is 4.04. The van der Waals surface area contributed by atoms with Gasteiger partial charge in [-0.15, -0.1) is 0 Å². The minimum atomic E-state index is -0.748. The normalized spacial score (nSPS) is 15.4. The summed E-state index contributed by atoms with van der Waals surface area (Å²) in [7, 11) is 0. The Morgan fingerprint density at radius 1 is 1.00 bits per heavy atom. The van der Waals surface area contributed by atoms with E-state index in [2.05, 4.69) is 40.2 Å². The second-order valence-corrected chi connectivity index (χ2v) is 9.65. The quantitative estimate of drug-likeness (QED) is 0.148. The predicted molar refractivity (Wildman–Crippen MR) is 137 cm³/mol. The molecule has 0 radical (unpaired) electrons. The first-order valence-electron chi connectivity index (χ1n) is 11.7. The maximum absolute atomic E-state index is 13.7. The molecule has 184 valence electrons. The third-order valence-corrected chi connectivity index (χ3v) is 7.15. The number of hydrogen-bond donors (Lipinski definition) is 5. The summed E-state index contributed by atoms with van der Waals surface area (Å²) in [6, 6.07) is 18.5. The van der Waals surface area contributed by atoms with Crippen LogP contribution in [0.4, 0.5) is 10.1 Å². The smallest absolute Gasteiger partial charge is 0.152 e. The number of nitrogens with one attached hydrogen (secondary N) is 3. The van der Waals surface area contributed by atoms with E-state index < -0.39 is 11.5 Å². The summed E-state index contributed by atoms with van der Waals surface area (Å²) in [6.07, 6.45) is 1.51. The van der Waals surface area contributed by atoms with Crippen LogP contribution in [0.2, 0.25) is 0 Å². The van der Waals surface area contributed by atoms with E-state index in [-0.39, 0.29) is 11.6 Å². The van der Waals surface area contributed by atoms with Gasteiger partial charge >= 0.3 is 0 Å². The summed E-state index contributed by atoms with van der Waals surface area (Å²) in [4.78, 5) is 11.8. The number of carbonyl (C=O) groups excluding carboxylic acids is 1. The minimum Gasteiger partial charge on any atom is -0.506 e. The van der Waals surface area contributed by atoms with Gasteiger partial charge in [-0.2, -0.15) is 0 Å². The molecule has 0 spiro atoms. The summed E-state index contributed by atoms with van der Waals surface area (Å²) >= 11 is 1.30. The SMILES string of the molecule is O=CC1Nc2c(O)ccc([C@@H](O)CNCCc3ccc(CNCCc4ccccc4F)cc3)c2S1. The molecule has 0 aliphatic carbocycles. The first kappa shape index (κ1) is 25.2. The number of anilines is 1. The second-order valence-electron chi connectivity index (χ2n) is 8.50. The number of halogens is 1. The van der Waals surface area contributed by atoms with Crippen LogP contribution in [-0.4, -0.2) is 41.5 Å². The van der Waals surface area contributed by atoms with E-state index in [0.29, 0.717) is 37.3 Å². The van der Waals surface area contributed by atoms with Gasteiger partial charge in [-0.1, -0.05) is 60.3 Å². The van der Waals surface area contributed by atoms with Gasteiger partial charge < -0.3 is 31.0 Å². The zero-order valence-corrected chi connectivity index (χ0v) is 20.2. The van der Waals surface area contributed by atoms with Gasteiger partial charge in [0.25, 0.3) is 0 Å². The lowest BCUT2D eigenvalue weighted by atomic mass is 10.1. The first-order valence-corrected chi connectivity index (χ1v) is 12.6. The lowest BCUT2D eigenvalue weighted by Gasteiger charge is -2.16. The average Bonchev–Trinajstić information content (AvgIpc) is 3.32. The Labute approximate surface area is 209 Å². The highest BCUT2D eigenvalue weighted by atomic mass is 32.2. The molecule has 4 rings (SSSR count). The van der Waals surface area contributed by atoms with E-state index in [1.54, 1.807) is 12.1 Å². The molecule has 5 N–H and O–H groups in total. The van der Waals surface area contributed by atoms with Crippen LogP contribution < -0.4 is 16.0 Å². The van der Waals surface area contributed by atoms with Gasteiger partial charge in [-0.25, -0.2) is 4.39 Å². The topological polar surface area (TPSA) is 93.6 Å². The summed E-state index contributed by atoms with van der Waals surface area (Å²) < 4.78 is 13.7. The summed E-state index contributed by atoms with van der Waals surface area (Å²) in [6.45, 7) is 2.52. The number of aliphatic hydroxyl groups is 1. The molecule has 6 nitrogen and oxygen atoms in total. The molecule has 35 heavy (non-hydrogen) atoms. The van der Waals surface area contributed by atoms with Crippen molar-refractivity contribution in [1.29, 1.82) is 0 Å². The van der Waals surface area contributed by atoms with E-state index >= 15 is 0 Å².